The summed E-state index contributed by atoms with van der Waals surface area (Å²) in [4.78, 5) is 49.1. The summed E-state index contributed by atoms with van der Waals surface area (Å²) in [5.74, 6) is -0.126. The number of rotatable bonds is 12. The van der Waals surface area contributed by atoms with Crippen LogP contribution >= 0.6 is 0 Å². The molecule has 0 fully saturated rings. The topological polar surface area (TPSA) is 154 Å². The maximum Gasteiger partial charge on any atom is 0.440 e. The van der Waals surface area contributed by atoms with Crippen molar-refractivity contribution in [1.82, 2.24) is 19.4 Å². The third-order valence-corrected chi connectivity index (χ3v) is 5.08. The van der Waals surface area contributed by atoms with Crippen molar-refractivity contribution >= 4 is 0 Å². The minimum absolute atomic E-state index is 0.158. The molecule has 12 nitrogen and oxygen atoms in total. The molecule has 0 aliphatic heterocycles. The van der Waals surface area contributed by atoms with E-state index in [4.69, 9.17) is 18.5 Å². The molecule has 2 heterocycles. The smallest absolute Gasteiger partial charge is 0.440 e. The highest BCUT2D eigenvalue weighted by atomic mass is 16.5. The summed E-state index contributed by atoms with van der Waals surface area (Å²) in [6.45, 7) is 1.45. The Hall–Kier alpha value is -4.48. The van der Waals surface area contributed by atoms with Gasteiger partial charge in [0.2, 0.25) is 0 Å². The molecule has 35 heavy (non-hydrogen) atoms. The lowest BCUT2D eigenvalue weighted by Crippen LogP contribution is -2.17. The average molecular weight is 484 g/mol. The molecule has 0 spiro atoms. The number of hydrogen-bond acceptors (Lipinski definition) is 8. The van der Waals surface area contributed by atoms with Crippen LogP contribution in [0.4, 0.5) is 0 Å². The lowest BCUT2D eigenvalue weighted by Gasteiger charge is -2.09. The minimum atomic E-state index is -0.780. The zero-order chi connectivity index (χ0) is 24.6. The summed E-state index contributed by atoms with van der Waals surface area (Å²) >= 11 is 0. The van der Waals surface area contributed by atoms with Crippen LogP contribution in [0, 0.1) is 0 Å². The summed E-state index contributed by atoms with van der Waals surface area (Å²) in [6, 6.07) is 14.4. The van der Waals surface area contributed by atoms with Crippen LogP contribution in [0.3, 0.4) is 0 Å². The van der Waals surface area contributed by atoms with E-state index in [1.165, 1.54) is 0 Å². The summed E-state index contributed by atoms with van der Waals surface area (Å²) < 4.78 is 22.9. The normalized spacial score (nSPS) is 11.0. The first kappa shape index (κ1) is 23.7. The van der Waals surface area contributed by atoms with E-state index in [1.807, 2.05) is 9.97 Å². The SMILES string of the molecule is O=c1[nH]c(=O)n(Cc2ccc(OCCCCCOc3ccc(Cn4oc(=O)[nH]c4=O)cc3)cc2)o1. The highest BCUT2D eigenvalue weighted by Crippen LogP contribution is 2.15. The molecule has 0 saturated carbocycles. The van der Waals surface area contributed by atoms with Crippen LogP contribution in [0.2, 0.25) is 0 Å². The number of ether oxygens (including phenoxy) is 2. The third-order valence-electron chi connectivity index (χ3n) is 5.08. The Bertz CT molecular complexity index is 1340. The summed E-state index contributed by atoms with van der Waals surface area (Å²) in [5, 5.41) is 0. The van der Waals surface area contributed by atoms with Gasteiger partial charge in [0.25, 0.3) is 0 Å². The molecule has 0 saturated heterocycles. The van der Waals surface area contributed by atoms with E-state index in [1.54, 1.807) is 48.5 Å². The predicted octanol–water partition coefficient (Wildman–Crippen LogP) is 1.30. The number of nitrogens with one attached hydrogen (secondary N) is 2. The van der Waals surface area contributed by atoms with E-state index in [0.717, 1.165) is 39.9 Å². The Balaban J connectivity index is 1.10. The third kappa shape index (κ3) is 6.76. The van der Waals surface area contributed by atoms with Gasteiger partial charge < -0.3 is 18.5 Å². The lowest BCUT2D eigenvalue weighted by atomic mass is 10.2. The molecule has 0 aliphatic rings. The van der Waals surface area contributed by atoms with Crippen LogP contribution in [0.5, 0.6) is 11.5 Å². The van der Waals surface area contributed by atoms with Crippen molar-refractivity contribution in [1.29, 1.82) is 0 Å². The molecule has 2 aromatic heterocycles. The largest absolute Gasteiger partial charge is 0.494 e. The van der Waals surface area contributed by atoms with Crippen LogP contribution < -0.4 is 32.4 Å². The number of aromatic nitrogens is 4. The molecule has 184 valence electrons. The van der Waals surface area contributed by atoms with E-state index >= 15 is 0 Å². The van der Waals surface area contributed by atoms with E-state index in [9.17, 15) is 19.2 Å². The van der Waals surface area contributed by atoms with Gasteiger partial charge in [0.05, 0.1) is 26.3 Å². The number of H-pyrrole nitrogens is 2. The van der Waals surface area contributed by atoms with Crippen molar-refractivity contribution in [2.75, 3.05) is 13.2 Å². The Labute approximate surface area is 197 Å². The molecule has 0 radical (unpaired) electrons. The second kappa shape index (κ2) is 11.1. The number of hydrogen-bond donors (Lipinski definition) is 2. The first-order chi connectivity index (χ1) is 17.0. The van der Waals surface area contributed by atoms with E-state index in [2.05, 4.69) is 0 Å². The van der Waals surface area contributed by atoms with Gasteiger partial charge >= 0.3 is 22.9 Å². The van der Waals surface area contributed by atoms with Gasteiger partial charge in [-0.15, -0.1) is 9.48 Å². The van der Waals surface area contributed by atoms with Gasteiger partial charge in [0, 0.05) is 0 Å². The highest BCUT2D eigenvalue weighted by Gasteiger charge is 2.05. The van der Waals surface area contributed by atoms with Gasteiger partial charge in [-0.05, 0) is 54.7 Å². The van der Waals surface area contributed by atoms with Gasteiger partial charge in [-0.3, -0.25) is 0 Å². The van der Waals surface area contributed by atoms with Crippen LogP contribution in [-0.4, -0.2) is 32.7 Å². The van der Waals surface area contributed by atoms with Gasteiger partial charge in [0.15, 0.2) is 0 Å². The molecular formula is C23H24N4O8. The van der Waals surface area contributed by atoms with E-state index < -0.39 is 22.9 Å². The zero-order valence-electron chi connectivity index (χ0n) is 18.7. The van der Waals surface area contributed by atoms with Gasteiger partial charge in [-0.1, -0.05) is 24.3 Å². The predicted molar refractivity (Wildman–Crippen MR) is 123 cm³/mol. The molecule has 2 aromatic carbocycles. The maximum atomic E-state index is 11.5. The number of unbranched alkanes of at least 4 members (excludes halogenated alkanes) is 2. The van der Waals surface area contributed by atoms with Crippen LogP contribution in [-0.2, 0) is 13.1 Å². The minimum Gasteiger partial charge on any atom is -0.494 e. The standard InChI is InChI=1S/C23H24N4O8/c28-20-24-22(30)34-26(20)14-16-4-8-18(9-5-16)32-12-2-1-3-13-33-19-10-6-17(7-11-19)15-27-21(29)25-23(31)35-27/h4-11H,1-3,12-15H2,(H,24,28,30)(H,25,29,31). The van der Waals surface area contributed by atoms with Crippen molar-refractivity contribution < 1.29 is 18.5 Å². The lowest BCUT2D eigenvalue weighted by molar-refractivity contribution is 0.258. The zero-order valence-corrected chi connectivity index (χ0v) is 18.7. The van der Waals surface area contributed by atoms with Crippen molar-refractivity contribution in [3.8, 4) is 11.5 Å². The Morgan fingerprint density at radius 2 is 1.00 bits per heavy atom. The number of nitrogens with zero attached hydrogens (tertiary/aromatic N) is 2. The molecule has 0 atom stereocenters. The van der Waals surface area contributed by atoms with Crippen LogP contribution in [0.1, 0.15) is 30.4 Å². The van der Waals surface area contributed by atoms with Gasteiger partial charge in [0.1, 0.15) is 11.5 Å². The monoisotopic (exact) mass is 484 g/mol. The first-order valence-corrected chi connectivity index (χ1v) is 11.0. The van der Waals surface area contributed by atoms with E-state index in [0.29, 0.717) is 24.7 Å². The highest BCUT2D eigenvalue weighted by molar-refractivity contribution is 5.28. The van der Waals surface area contributed by atoms with Crippen LogP contribution in [0.25, 0.3) is 0 Å². The molecule has 2 N–H and O–H groups in total. The van der Waals surface area contributed by atoms with E-state index in [-0.39, 0.29) is 13.1 Å². The van der Waals surface area contributed by atoms with Crippen molar-refractivity contribution in [3.63, 3.8) is 0 Å². The second-order valence-corrected chi connectivity index (χ2v) is 7.74. The molecule has 0 aliphatic carbocycles. The first-order valence-electron chi connectivity index (χ1n) is 11.0. The van der Waals surface area contributed by atoms with Crippen molar-refractivity contribution in [2.45, 2.75) is 32.4 Å². The maximum absolute atomic E-state index is 11.5. The number of benzene rings is 2. The Morgan fingerprint density at radius 3 is 1.34 bits per heavy atom. The summed E-state index contributed by atoms with van der Waals surface area (Å²) in [6.07, 6.45) is 2.66. The second-order valence-electron chi connectivity index (χ2n) is 7.74. The Kier molecular flexibility index (Phi) is 7.50. The fraction of sp³-hybridized carbons (Fsp3) is 0.304. The summed E-state index contributed by atoms with van der Waals surface area (Å²) in [7, 11) is 0. The molecule has 12 heteroatoms. The molecule has 0 bridgehead atoms. The van der Waals surface area contributed by atoms with Gasteiger partial charge in [-0.25, -0.2) is 29.1 Å². The molecule has 4 aromatic rings. The van der Waals surface area contributed by atoms with Crippen LogP contribution in [0.15, 0.2) is 76.8 Å². The summed E-state index contributed by atoms with van der Waals surface area (Å²) in [5.41, 5.74) is 0.436. The fourth-order valence-electron chi connectivity index (χ4n) is 3.31. The quantitative estimate of drug-likeness (QED) is 0.285. The fourth-order valence-corrected chi connectivity index (χ4v) is 3.31. The van der Waals surface area contributed by atoms with Crippen molar-refractivity contribution in [3.05, 3.63) is 102 Å². The molecule has 0 amide bonds. The van der Waals surface area contributed by atoms with Crippen molar-refractivity contribution in [2.24, 2.45) is 0 Å². The molecule has 4 rings (SSSR count). The number of aromatic amines is 2. The van der Waals surface area contributed by atoms with Gasteiger partial charge in [-0.2, -0.15) is 0 Å². The molecule has 0 unspecified atom stereocenters. The Morgan fingerprint density at radius 1 is 0.600 bits per heavy atom. The molecular weight excluding hydrogens is 460 g/mol. The average Bonchev–Trinajstić information content (AvgIpc) is 3.33.